The fraction of sp³-hybridized carbons (Fsp3) is 1.00. The van der Waals surface area contributed by atoms with Gasteiger partial charge in [-0.05, 0) is 26.7 Å². The van der Waals surface area contributed by atoms with E-state index in [0.29, 0.717) is 6.54 Å². The highest BCUT2D eigenvalue weighted by Crippen LogP contribution is 2.41. The van der Waals surface area contributed by atoms with Gasteiger partial charge in [-0.15, -0.1) is 0 Å². The number of rotatable bonds is 5. The van der Waals surface area contributed by atoms with Gasteiger partial charge in [0.15, 0.2) is 0 Å². The molecule has 0 amide bonds. The van der Waals surface area contributed by atoms with E-state index in [9.17, 15) is 8.42 Å². The van der Waals surface area contributed by atoms with E-state index in [1.165, 1.54) is 10.6 Å². The largest absolute Gasteiger partial charge is 0.371 e. The minimum atomic E-state index is -3.08. The first kappa shape index (κ1) is 11.9. The van der Waals surface area contributed by atoms with Crippen LogP contribution in [0.3, 0.4) is 0 Å². The number of hydrogen-bond donors (Lipinski definition) is 0. The Morgan fingerprint density at radius 2 is 1.93 bits per heavy atom. The number of hydrogen-bond acceptors (Lipinski definition) is 3. The van der Waals surface area contributed by atoms with Gasteiger partial charge in [-0.1, -0.05) is 0 Å². The summed E-state index contributed by atoms with van der Waals surface area (Å²) in [5, 5.41) is 0. The molecule has 1 saturated carbocycles. The van der Waals surface area contributed by atoms with Gasteiger partial charge < -0.3 is 4.74 Å². The maximum absolute atomic E-state index is 11.2. The molecule has 0 aromatic carbocycles. The van der Waals surface area contributed by atoms with Gasteiger partial charge in [0.25, 0.3) is 0 Å². The first-order valence-electron chi connectivity index (χ1n) is 4.84. The van der Waals surface area contributed by atoms with Gasteiger partial charge in [0.1, 0.15) is 0 Å². The summed E-state index contributed by atoms with van der Waals surface area (Å²) in [6.07, 6.45) is 3.31. The van der Waals surface area contributed by atoms with E-state index in [0.717, 1.165) is 12.8 Å². The lowest BCUT2D eigenvalue weighted by Crippen LogP contribution is -2.37. The molecule has 0 aromatic rings. The van der Waals surface area contributed by atoms with Gasteiger partial charge in [-0.3, -0.25) is 0 Å². The number of ether oxygens (including phenoxy) is 1. The molecule has 0 spiro atoms. The van der Waals surface area contributed by atoms with Gasteiger partial charge in [0.05, 0.1) is 18.0 Å². The SMILES string of the molecule is CC(C)OC1(CN(C)S(C)(=O)=O)CC1. The van der Waals surface area contributed by atoms with Crippen molar-refractivity contribution in [2.75, 3.05) is 19.8 Å². The second-order valence-electron chi connectivity index (χ2n) is 4.37. The quantitative estimate of drug-likeness (QED) is 0.691. The second-order valence-corrected chi connectivity index (χ2v) is 6.46. The Labute approximate surface area is 86.3 Å². The molecule has 0 aromatic heterocycles. The van der Waals surface area contributed by atoms with Crippen molar-refractivity contribution in [1.82, 2.24) is 4.31 Å². The molecule has 0 saturated heterocycles. The van der Waals surface area contributed by atoms with Gasteiger partial charge in [-0.25, -0.2) is 12.7 Å². The van der Waals surface area contributed by atoms with Crippen molar-refractivity contribution < 1.29 is 13.2 Å². The lowest BCUT2D eigenvalue weighted by molar-refractivity contribution is -0.0179. The molecule has 1 aliphatic carbocycles. The van der Waals surface area contributed by atoms with Crippen LogP contribution in [-0.4, -0.2) is 44.3 Å². The molecule has 0 heterocycles. The summed E-state index contributed by atoms with van der Waals surface area (Å²) in [6, 6.07) is 0. The van der Waals surface area contributed by atoms with Crippen molar-refractivity contribution >= 4 is 10.0 Å². The maximum atomic E-state index is 11.2. The molecule has 4 nitrogen and oxygen atoms in total. The summed E-state index contributed by atoms with van der Waals surface area (Å²) in [7, 11) is -1.48. The van der Waals surface area contributed by atoms with Gasteiger partial charge in [0.2, 0.25) is 10.0 Å². The number of likely N-dealkylation sites (N-methyl/N-ethyl adjacent to an activating group) is 1. The Bertz CT molecular complexity index is 293. The van der Waals surface area contributed by atoms with E-state index < -0.39 is 10.0 Å². The van der Waals surface area contributed by atoms with Crippen LogP contribution in [0.4, 0.5) is 0 Å². The number of sulfonamides is 1. The zero-order valence-electron chi connectivity index (χ0n) is 9.28. The topological polar surface area (TPSA) is 46.6 Å². The molecule has 84 valence electrons. The lowest BCUT2D eigenvalue weighted by atomic mass is 10.3. The summed E-state index contributed by atoms with van der Waals surface area (Å²) < 4.78 is 29.5. The van der Waals surface area contributed by atoms with Crippen LogP contribution in [0, 0.1) is 0 Å². The molecule has 1 rings (SSSR count). The van der Waals surface area contributed by atoms with Crippen LogP contribution in [0.15, 0.2) is 0 Å². The molecule has 5 heteroatoms. The van der Waals surface area contributed by atoms with Crippen LogP contribution in [-0.2, 0) is 14.8 Å². The van der Waals surface area contributed by atoms with Crippen molar-refractivity contribution in [3.05, 3.63) is 0 Å². The average molecular weight is 221 g/mol. The Kier molecular flexibility index (Phi) is 3.23. The minimum Gasteiger partial charge on any atom is -0.371 e. The van der Waals surface area contributed by atoms with Crippen LogP contribution in [0.5, 0.6) is 0 Å². The third kappa shape index (κ3) is 3.22. The zero-order valence-corrected chi connectivity index (χ0v) is 10.1. The average Bonchev–Trinajstić information content (AvgIpc) is 2.64. The fourth-order valence-electron chi connectivity index (χ4n) is 1.48. The second kappa shape index (κ2) is 3.79. The zero-order chi connectivity index (χ0) is 11.0. The van der Waals surface area contributed by atoms with E-state index >= 15 is 0 Å². The highest BCUT2D eigenvalue weighted by Gasteiger charge is 2.46. The molecule has 0 radical (unpaired) electrons. The van der Waals surface area contributed by atoms with Gasteiger partial charge >= 0.3 is 0 Å². The summed E-state index contributed by atoms with van der Waals surface area (Å²) >= 11 is 0. The molecule has 0 aliphatic heterocycles. The van der Waals surface area contributed by atoms with Crippen LogP contribution in [0.1, 0.15) is 26.7 Å². The Hall–Kier alpha value is -0.130. The summed E-state index contributed by atoms with van der Waals surface area (Å²) in [5.41, 5.74) is -0.202. The summed E-state index contributed by atoms with van der Waals surface area (Å²) in [4.78, 5) is 0. The molecule has 0 bridgehead atoms. The van der Waals surface area contributed by atoms with E-state index in [1.54, 1.807) is 7.05 Å². The first-order valence-corrected chi connectivity index (χ1v) is 6.69. The highest BCUT2D eigenvalue weighted by molar-refractivity contribution is 7.88. The van der Waals surface area contributed by atoms with E-state index in [1.807, 2.05) is 13.8 Å². The molecule has 1 aliphatic rings. The van der Waals surface area contributed by atoms with E-state index in [2.05, 4.69) is 0 Å². The molecule has 14 heavy (non-hydrogen) atoms. The molecule has 0 atom stereocenters. The van der Waals surface area contributed by atoms with E-state index in [4.69, 9.17) is 4.74 Å². The van der Waals surface area contributed by atoms with Crippen LogP contribution in [0.2, 0.25) is 0 Å². The Balaban J connectivity index is 2.52. The van der Waals surface area contributed by atoms with Crippen molar-refractivity contribution in [3.8, 4) is 0 Å². The van der Waals surface area contributed by atoms with Crippen LogP contribution < -0.4 is 0 Å². The predicted molar refractivity (Wildman–Crippen MR) is 55.7 cm³/mol. The molecular weight excluding hydrogens is 202 g/mol. The first-order chi connectivity index (χ1) is 6.25. The third-order valence-corrected chi connectivity index (χ3v) is 3.63. The van der Waals surface area contributed by atoms with E-state index in [-0.39, 0.29) is 11.7 Å². The Morgan fingerprint density at radius 3 is 2.21 bits per heavy atom. The van der Waals surface area contributed by atoms with Crippen molar-refractivity contribution in [2.24, 2.45) is 0 Å². The highest BCUT2D eigenvalue weighted by atomic mass is 32.2. The van der Waals surface area contributed by atoms with Crippen LogP contribution >= 0.6 is 0 Å². The number of nitrogens with zero attached hydrogens (tertiary/aromatic N) is 1. The van der Waals surface area contributed by atoms with Crippen molar-refractivity contribution in [3.63, 3.8) is 0 Å². The fourth-order valence-corrected chi connectivity index (χ4v) is 1.95. The third-order valence-electron chi connectivity index (χ3n) is 2.37. The molecule has 0 N–H and O–H groups in total. The molecular formula is C9H19NO3S. The summed E-state index contributed by atoms with van der Waals surface area (Å²) in [6.45, 7) is 4.42. The van der Waals surface area contributed by atoms with Gasteiger partial charge in [0, 0.05) is 13.6 Å². The minimum absolute atomic E-state index is 0.158. The predicted octanol–water partition coefficient (Wildman–Crippen LogP) is 0.835. The summed E-state index contributed by atoms with van der Waals surface area (Å²) in [5.74, 6) is 0. The molecule has 0 unspecified atom stereocenters. The maximum Gasteiger partial charge on any atom is 0.211 e. The monoisotopic (exact) mass is 221 g/mol. The van der Waals surface area contributed by atoms with Crippen molar-refractivity contribution in [2.45, 2.75) is 38.4 Å². The smallest absolute Gasteiger partial charge is 0.211 e. The normalized spacial score (nSPS) is 20.4. The Morgan fingerprint density at radius 1 is 1.43 bits per heavy atom. The lowest BCUT2D eigenvalue weighted by Gasteiger charge is -2.24. The standard InChI is InChI=1S/C9H19NO3S/c1-8(2)13-9(5-6-9)7-10(3)14(4,11)12/h8H,5-7H2,1-4H3. The van der Waals surface area contributed by atoms with Crippen molar-refractivity contribution in [1.29, 1.82) is 0 Å². The van der Waals surface area contributed by atoms with Gasteiger partial charge in [-0.2, -0.15) is 0 Å². The molecule has 1 fully saturated rings. The van der Waals surface area contributed by atoms with Crippen LogP contribution in [0.25, 0.3) is 0 Å².